The molecule has 74 valence electrons. The molecule has 1 aliphatic rings. The molecule has 0 aromatic heterocycles. The van der Waals surface area contributed by atoms with Crippen molar-refractivity contribution in [3.63, 3.8) is 0 Å². The predicted octanol–water partition coefficient (Wildman–Crippen LogP) is 0.821. The van der Waals surface area contributed by atoms with E-state index in [2.05, 4.69) is 17.2 Å². The summed E-state index contributed by atoms with van der Waals surface area (Å²) in [6.07, 6.45) is 5.71. The Morgan fingerprint density at radius 2 is 2.31 bits per heavy atom. The van der Waals surface area contributed by atoms with Crippen LogP contribution >= 0.6 is 0 Å². The largest absolute Gasteiger partial charge is 0.353 e. The van der Waals surface area contributed by atoms with Gasteiger partial charge in [0.25, 0.3) is 0 Å². The molecule has 1 amide bonds. The van der Waals surface area contributed by atoms with E-state index >= 15 is 0 Å². The Bertz CT molecular complexity index is 176. The van der Waals surface area contributed by atoms with E-state index in [9.17, 15) is 4.79 Å². The Morgan fingerprint density at radius 3 is 2.92 bits per heavy atom. The fraction of sp³-hybridized carbons (Fsp3) is 0.700. The van der Waals surface area contributed by atoms with Crippen LogP contribution in [0.4, 0.5) is 0 Å². The van der Waals surface area contributed by atoms with Gasteiger partial charge in [0.15, 0.2) is 0 Å². The van der Waals surface area contributed by atoms with Crippen LogP contribution in [0.1, 0.15) is 25.7 Å². The molecule has 0 saturated heterocycles. The molecule has 1 fully saturated rings. The number of nitrogens with one attached hydrogen (secondary N) is 2. The molecule has 0 aromatic rings. The lowest BCUT2D eigenvalue weighted by molar-refractivity contribution is -0.121. The maximum Gasteiger partial charge on any atom is 0.220 e. The molecule has 1 aliphatic carbocycles. The van der Waals surface area contributed by atoms with Crippen molar-refractivity contribution in [3.05, 3.63) is 12.7 Å². The van der Waals surface area contributed by atoms with Crippen LogP contribution in [0.3, 0.4) is 0 Å². The van der Waals surface area contributed by atoms with Crippen molar-refractivity contribution in [2.75, 3.05) is 13.1 Å². The van der Waals surface area contributed by atoms with Gasteiger partial charge in [-0.1, -0.05) is 6.08 Å². The van der Waals surface area contributed by atoms with Gasteiger partial charge in [0.05, 0.1) is 0 Å². The first-order chi connectivity index (χ1) is 6.33. The van der Waals surface area contributed by atoms with Crippen molar-refractivity contribution in [2.45, 2.75) is 31.7 Å². The smallest absolute Gasteiger partial charge is 0.220 e. The van der Waals surface area contributed by atoms with Gasteiger partial charge in [-0.2, -0.15) is 0 Å². The number of hydrogen-bond acceptors (Lipinski definition) is 2. The standard InChI is InChI=1S/C10H18N2O/c1-2-7-11-8-3-4-10(13)12-9-5-6-9/h2,9,11H,1,3-8H2,(H,12,13). The Labute approximate surface area is 79.6 Å². The third-order valence-corrected chi connectivity index (χ3v) is 1.99. The minimum Gasteiger partial charge on any atom is -0.353 e. The number of carbonyl (C=O) groups is 1. The van der Waals surface area contributed by atoms with Crippen molar-refractivity contribution >= 4 is 5.91 Å². The lowest BCUT2D eigenvalue weighted by atomic mass is 10.3. The molecule has 2 N–H and O–H groups in total. The van der Waals surface area contributed by atoms with Gasteiger partial charge in [0.2, 0.25) is 5.91 Å². The Balaban J connectivity index is 1.85. The zero-order valence-corrected chi connectivity index (χ0v) is 8.01. The van der Waals surface area contributed by atoms with E-state index in [1.54, 1.807) is 0 Å². The summed E-state index contributed by atoms with van der Waals surface area (Å²) in [5.74, 6) is 0.197. The Morgan fingerprint density at radius 1 is 1.54 bits per heavy atom. The molecule has 0 radical (unpaired) electrons. The average molecular weight is 182 g/mol. The highest BCUT2D eigenvalue weighted by Crippen LogP contribution is 2.18. The Hall–Kier alpha value is -0.830. The van der Waals surface area contributed by atoms with Crippen molar-refractivity contribution < 1.29 is 4.79 Å². The third kappa shape index (κ3) is 5.42. The number of carbonyl (C=O) groups excluding carboxylic acids is 1. The van der Waals surface area contributed by atoms with Gasteiger partial charge in [-0.25, -0.2) is 0 Å². The molecular weight excluding hydrogens is 164 g/mol. The molecule has 0 spiro atoms. The zero-order valence-electron chi connectivity index (χ0n) is 8.01. The summed E-state index contributed by atoms with van der Waals surface area (Å²) >= 11 is 0. The SMILES string of the molecule is C=CCNCCCC(=O)NC1CC1. The van der Waals surface area contributed by atoms with E-state index < -0.39 is 0 Å². The summed E-state index contributed by atoms with van der Waals surface area (Å²) in [4.78, 5) is 11.2. The van der Waals surface area contributed by atoms with Gasteiger partial charge < -0.3 is 10.6 Å². The van der Waals surface area contributed by atoms with Crippen LogP contribution in [0.15, 0.2) is 12.7 Å². The Kier molecular flexibility index (Phi) is 4.54. The summed E-state index contributed by atoms with van der Waals surface area (Å²) in [5.41, 5.74) is 0. The predicted molar refractivity (Wildman–Crippen MR) is 53.5 cm³/mol. The normalized spacial score (nSPS) is 15.4. The fourth-order valence-corrected chi connectivity index (χ4v) is 1.11. The highest BCUT2D eigenvalue weighted by atomic mass is 16.1. The molecule has 0 atom stereocenters. The van der Waals surface area contributed by atoms with Crippen LogP contribution in [0.2, 0.25) is 0 Å². The molecule has 1 rings (SSSR count). The van der Waals surface area contributed by atoms with Gasteiger partial charge in [-0.15, -0.1) is 6.58 Å². The van der Waals surface area contributed by atoms with E-state index in [-0.39, 0.29) is 5.91 Å². The summed E-state index contributed by atoms with van der Waals surface area (Å²) in [6, 6.07) is 0.494. The second-order valence-electron chi connectivity index (χ2n) is 3.44. The van der Waals surface area contributed by atoms with Gasteiger partial charge >= 0.3 is 0 Å². The van der Waals surface area contributed by atoms with Crippen molar-refractivity contribution in [2.24, 2.45) is 0 Å². The first kappa shape index (κ1) is 10.3. The van der Waals surface area contributed by atoms with Crippen molar-refractivity contribution in [1.82, 2.24) is 10.6 Å². The summed E-state index contributed by atoms with van der Waals surface area (Å²) in [7, 11) is 0. The molecule has 0 bridgehead atoms. The van der Waals surface area contributed by atoms with Crippen molar-refractivity contribution in [1.29, 1.82) is 0 Å². The lowest BCUT2D eigenvalue weighted by Gasteiger charge is -2.03. The molecule has 1 saturated carbocycles. The molecule has 0 heterocycles. The molecule has 0 aliphatic heterocycles. The van der Waals surface area contributed by atoms with E-state index in [0.717, 1.165) is 19.5 Å². The number of rotatable bonds is 7. The second-order valence-corrected chi connectivity index (χ2v) is 3.44. The summed E-state index contributed by atoms with van der Waals surface area (Å²) in [6.45, 7) is 5.32. The summed E-state index contributed by atoms with van der Waals surface area (Å²) in [5, 5.41) is 6.12. The summed E-state index contributed by atoms with van der Waals surface area (Å²) < 4.78 is 0. The average Bonchev–Trinajstić information content (AvgIpc) is 2.88. The quantitative estimate of drug-likeness (QED) is 0.452. The maximum atomic E-state index is 11.2. The highest BCUT2D eigenvalue weighted by Gasteiger charge is 2.22. The molecule has 13 heavy (non-hydrogen) atoms. The monoisotopic (exact) mass is 182 g/mol. The van der Waals surface area contributed by atoms with Gasteiger partial charge in [0.1, 0.15) is 0 Å². The minimum atomic E-state index is 0.197. The van der Waals surface area contributed by atoms with E-state index in [1.165, 1.54) is 12.8 Å². The molecular formula is C10H18N2O. The van der Waals surface area contributed by atoms with Crippen LogP contribution in [-0.4, -0.2) is 25.0 Å². The molecule has 0 unspecified atom stereocenters. The molecule has 3 heteroatoms. The van der Waals surface area contributed by atoms with Crippen LogP contribution < -0.4 is 10.6 Å². The van der Waals surface area contributed by atoms with Crippen LogP contribution in [0.25, 0.3) is 0 Å². The highest BCUT2D eigenvalue weighted by molar-refractivity contribution is 5.76. The van der Waals surface area contributed by atoms with Crippen LogP contribution in [-0.2, 0) is 4.79 Å². The fourth-order valence-electron chi connectivity index (χ4n) is 1.11. The van der Waals surface area contributed by atoms with E-state index in [4.69, 9.17) is 0 Å². The molecule has 0 aromatic carbocycles. The first-order valence-corrected chi connectivity index (χ1v) is 4.94. The van der Waals surface area contributed by atoms with Crippen molar-refractivity contribution in [3.8, 4) is 0 Å². The third-order valence-electron chi connectivity index (χ3n) is 1.99. The van der Waals surface area contributed by atoms with Gasteiger partial charge in [-0.3, -0.25) is 4.79 Å². The maximum absolute atomic E-state index is 11.2. The minimum absolute atomic E-state index is 0.197. The first-order valence-electron chi connectivity index (χ1n) is 4.94. The van der Waals surface area contributed by atoms with Gasteiger partial charge in [-0.05, 0) is 25.8 Å². The van der Waals surface area contributed by atoms with Crippen LogP contribution in [0, 0.1) is 0 Å². The van der Waals surface area contributed by atoms with E-state index in [1.807, 2.05) is 6.08 Å². The number of hydrogen-bond donors (Lipinski definition) is 2. The topological polar surface area (TPSA) is 41.1 Å². The van der Waals surface area contributed by atoms with Gasteiger partial charge in [0, 0.05) is 19.0 Å². The zero-order chi connectivity index (χ0) is 9.52. The van der Waals surface area contributed by atoms with Crippen LogP contribution in [0.5, 0.6) is 0 Å². The van der Waals surface area contributed by atoms with E-state index in [0.29, 0.717) is 12.5 Å². The second kappa shape index (κ2) is 5.75. The lowest BCUT2D eigenvalue weighted by Crippen LogP contribution is -2.26. The number of amides is 1. The molecule has 3 nitrogen and oxygen atoms in total.